The zero-order valence-corrected chi connectivity index (χ0v) is 35.7. The van der Waals surface area contributed by atoms with E-state index in [-0.39, 0.29) is 36.5 Å². The molecule has 328 valence electrons. The van der Waals surface area contributed by atoms with Crippen LogP contribution in [-0.4, -0.2) is 65.7 Å². The number of unbranched alkanes of at least 4 members (excludes halogenated alkanes) is 2. The molecule has 3 amide bonds. The number of nitrogens with zero attached hydrogens (tertiary/aromatic N) is 2. The predicted octanol–water partition coefficient (Wildman–Crippen LogP) is 7.61. The highest BCUT2D eigenvalue weighted by atomic mass is 16.7. The van der Waals surface area contributed by atoms with Crippen molar-refractivity contribution in [3.63, 3.8) is 0 Å². The summed E-state index contributed by atoms with van der Waals surface area (Å²) in [6, 6.07) is 41.8. The van der Waals surface area contributed by atoms with Gasteiger partial charge in [-0.25, -0.2) is 0 Å². The van der Waals surface area contributed by atoms with Crippen LogP contribution in [0.4, 0.5) is 17.1 Å². The van der Waals surface area contributed by atoms with Crippen LogP contribution < -0.4 is 26.6 Å². The monoisotopic (exact) mass is 850 g/mol. The number of para-hydroxylation sites is 3. The number of carbonyl (C=O) groups is 3. The van der Waals surface area contributed by atoms with E-state index in [0.717, 1.165) is 78.0 Å². The summed E-state index contributed by atoms with van der Waals surface area (Å²) in [4.78, 5) is 42.9. The molecule has 3 fully saturated rings. The molecule has 0 saturated carbocycles. The molecule has 3 heterocycles. The summed E-state index contributed by atoms with van der Waals surface area (Å²) < 4.78 is 13.4. The van der Waals surface area contributed by atoms with Gasteiger partial charge in [0, 0.05) is 56.7 Å². The summed E-state index contributed by atoms with van der Waals surface area (Å²) in [5.74, 6) is 0.0123. The van der Waals surface area contributed by atoms with Crippen molar-refractivity contribution in [1.29, 1.82) is 0 Å². The second-order valence-electron chi connectivity index (χ2n) is 16.9. The summed E-state index contributed by atoms with van der Waals surface area (Å²) in [6.45, 7) is 3.21. The molecule has 12 heteroatoms. The summed E-state index contributed by atoms with van der Waals surface area (Å²) >= 11 is 0. The van der Waals surface area contributed by atoms with Gasteiger partial charge in [-0.3, -0.25) is 14.4 Å². The van der Waals surface area contributed by atoms with E-state index in [2.05, 4.69) is 74.3 Å². The van der Waals surface area contributed by atoms with Gasteiger partial charge < -0.3 is 46.1 Å². The Morgan fingerprint density at radius 2 is 1.48 bits per heavy atom. The SMILES string of the molecule is Nc1ccccc1NC(=O)CCCCCC(=O)NCc1cccc(-c2ccc(C3OC(CN4CCC5(CC4)C(=O)NCN5c4ccccc4)CC(c4ccc(CO)cc4)O3)cc2)c1. The smallest absolute Gasteiger partial charge is 0.247 e. The molecule has 1 spiro atoms. The zero-order valence-electron chi connectivity index (χ0n) is 35.7. The second kappa shape index (κ2) is 20.4. The van der Waals surface area contributed by atoms with E-state index >= 15 is 0 Å². The van der Waals surface area contributed by atoms with Gasteiger partial charge in [0.05, 0.1) is 36.9 Å². The Morgan fingerprint density at radius 1 is 0.762 bits per heavy atom. The van der Waals surface area contributed by atoms with Gasteiger partial charge >= 0.3 is 0 Å². The Labute approximate surface area is 369 Å². The third kappa shape index (κ3) is 10.8. The first-order valence-corrected chi connectivity index (χ1v) is 22.2. The minimum absolute atomic E-state index is 0.0141. The predicted molar refractivity (Wildman–Crippen MR) is 245 cm³/mol. The molecule has 12 nitrogen and oxygen atoms in total. The van der Waals surface area contributed by atoms with Gasteiger partial charge in [-0.1, -0.05) is 103 Å². The lowest BCUT2D eigenvalue weighted by Gasteiger charge is -2.45. The molecule has 3 unspecified atom stereocenters. The third-order valence-corrected chi connectivity index (χ3v) is 12.6. The molecule has 0 radical (unpaired) electrons. The summed E-state index contributed by atoms with van der Waals surface area (Å²) in [5, 5.41) is 18.7. The number of rotatable bonds is 16. The average molecular weight is 851 g/mol. The quantitative estimate of drug-likeness (QED) is 0.0498. The van der Waals surface area contributed by atoms with Crippen LogP contribution in [0.2, 0.25) is 0 Å². The average Bonchev–Trinajstić information content (AvgIpc) is 3.64. The van der Waals surface area contributed by atoms with Crippen molar-refractivity contribution in [3.05, 3.63) is 150 Å². The number of likely N-dealkylation sites (tertiary alicyclic amines) is 1. The van der Waals surface area contributed by atoms with E-state index < -0.39 is 11.8 Å². The van der Waals surface area contributed by atoms with Crippen molar-refractivity contribution in [1.82, 2.24) is 15.5 Å². The van der Waals surface area contributed by atoms with Gasteiger partial charge in [0.2, 0.25) is 17.7 Å². The van der Waals surface area contributed by atoms with Crippen LogP contribution in [0.25, 0.3) is 11.1 Å². The molecule has 5 aromatic rings. The highest BCUT2D eigenvalue weighted by Crippen LogP contribution is 2.40. The standard InChI is InChI=1S/C51H58N6O6/c52-44-14-7-8-15-45(44)55-48(60)17-6-2-5-16-47(59)53-32-37-10-9-11-41(30-37)38-22-24-40(25-23-38)49-62-43(31-46(63-49)39-20-18-36(34-58)19-21-39)33-56-28-26-51(27-29-56)50(61)54-35-57(51)42-12-3-1-4-13-42/h1,3-4,7-15,18-25,30,43,46,49,58H,2,5-6,16-17,26-29,31-35,52H2,(H,53,59)(H,54,61)(H,55,60). The second-order valence-corrected chi connectivity index (χ2v) is 16.9. The van der Waals surface area contributed by atoms with Crippen LogP contribution >= 0.6 is 0 Å². The minimum Gasteiger partial charge on any atom is -0.397 e. The molecule has 6 N–H and O–H groups in total. The Bertz CT molecular complexity index is 2320. The van der Waals surface area contributed by atoms with E-state index in [9.17, 15) is 19.5 Å². The molecular weight excluding hydrogens is 793 g/mol. The van der Waals surface area contributed by atoms with Crippen LogP contribution in [0.15, 0.2) is 127 Å². The molecule has 63 heavy (non-hydrogen) atoms. The van der Waals surface area contributed by atoms with Crippen molar-refractivity contribution in [2.75, 3.05) is 42.3 Å². The van der Waals surface area contributed by atoms with Crippen molar-refractivity contribution in [3.8, 4) is 11.1 Å². The van der Waals surface area contributed by atoms with Gasteiger partial charge in [0.25, 0.3) is 0 Å². The van der Waals surface area contributed by atoms with Crippen molar-refractivity contribution in [2.24, 2.45) is 0 Å². The fraction of sp³-hybridized carbons (Fsp3) is 0.353. The minimum atomic E-state index is -0.585. The number of carbonyl (C=O) groups excluding carboxylic acids is 3. The van der Waals surface area contributed by atoms with Crippen molar-refractivity contribution >= 4 is 34.8 Å². The maximum Gasteiger partial charge on any atom is 0.247 e. The maximum atomic E-state index is 13.3. The van der Waals surface area contributed by atoms with E-state index in [0.29, 0.717) is 56.7 Å². The number of anilines is 3. The van der Waals surface area contributed by atoms with Crippen LogP contribution in [0.3, 0.4) is 0 Å². The molecule has 8 rings (SSSR count). The highest BCUT2D eigenvalue weighted by Gasteiger charge is 2.50. The van der Waals surface area contributed by atoms with Gasteiger partial charge in [-0.05, 0) is 83.8 Å². The molecule has 5 aromatic carbocycles. The normalized spacial score (nSPS) is 19.7. The van der Waals surface area contributed by atoms with Crippen molar-refractivity contribution < 1.29 is 29.0 Å². The lowest BCUT2D eigenvalue weighted by atomic mass is 9.85. The van der Waals surface area contributed by atoms with Crippen LogP contribution in [0.1, 0.15) is 86.0 Å². The van der Waals surface area contributed by atoms with Crippen LogP contribution in [-0.2, 0) is 37.0 Å². The lowest BCUT2D eigenvalue weighted by molar-refractivity contribution is -0.253. The number of aliphatic hydroxyl groups is 1. The Kier molecular flexibility index (Phi) is 14.1. The van der Waals surface area contributed by atoms with E-state index in [4.69, 9.17) is 15.2 Å². The number of nitrogen functional groups attached to an aromatic ring is 1. The number of nitrogens with one attached hydrogen (secondary N) is 3. The molecule has 3 atom stereocenters. The number of nitrogens with two attached hydrogens (primary N) is 1. The van der Waals surface area contributed by atoms with Gasteiger partial charge in [-0.15, -0.1) is 0 Å². The number of ether oxygens (including phenoxy) is 2. The first kappa shape index (κ1) is 43.6. The number of hydrogen-bond donors (Lipinski definition) is 5. The van der Waals surface area contributed by atoms with Crippen LogP contribution in [0, 0.1) is 0 Å². The topological polar surface area (TPSA) is 158 Å². The molecule has 0 aliphatic carbocycles. The highest BCUT2D eigenvalue weighted by molar-refractivity contribution is 5.94. The number of amides is 3. The third-order valence-electron chi connectivity index (χ3n) is 12.6. The first-order chi connectivity index (χ1) is 30.8. The summed E-state index contributed by atoms with van der Waals surface area (Å²) in [5.41, 5.74) is 13.5. The first-order valence-electron chi connectivity index (χ1n) is 22.2. The zero-order chi connectivity index (χ0) is 43.6. The molecule has 3 aliphatic rings. The number of hydrogen-bond acceptors (Lipinski definition) is 9. The van der Waals surface area contributed by atoms with Gasteiger partial charge in [0.1, 0.15) is 5.54 Å². The fourth-order valence-corrected chi connectivity index (χ4v) is 9.01. The number of benzene rings is 5. The maximum absolute atomic E-state index is 13.3. The Balaban J connectivity index is 0.851. The number of aliphatic hydroxyl groups excluding tert-OH is 1. The molecule has 0 bridgehead atoms. The Morgan fingerprint density at radius 3 is 2.22 bits per heavy atom. The van der Waals surface area contributed by atoms with Gasteiger partial charge in [0.15, 0.2) is 6.29 Å². The van der Waals surface area contributed by atoms with Crippen LogP contribution in [0.5, 0.6) is 0 Å². The van der Waals surface area contributed by atoms with Gasteiger partial charge in [-0.2, -0.15) is 0 Å². The summed E-state index contributed by atoms with van der Waals surface area (Å²) in [6.07, 6.45) is 4.21. The molecular formula is C51H58N6O6. The molecule has 3 saturated heterocycles. The fourth-order valence-electron chi connectivity index (χ4n) is 9.01. The van der Waals surface area contributed by atoms with E-state index in [1.54, 1.807) is 12.1 Å². The lowest BCUT2D eigenvalue weighted by Crippen LogP contribution is -2.57. The molecule has 3 aliphatic heterocycles. The Hall–Kier alpha value is -6.05. The van der Waals surface area contributed by atoms with E-state index in [1.807, 2.05) is 66.7 Å². The molecule has 0 aromatic heterocycles. The van der Waals surface area contributed by atoms with E-state index in [1.165, 1.54) is 0 Å². The largest absolute Gasteiger partial charge is 0.397 e. The summed E-state index contributed by atoms with van der Waals surface area (Å²) in [7, 11) is 0. The number of piperidine rings is 1. The van der Waals surface area contributed by atoms with Crippen molar-refractivity contribution in [2.45, 2.75) is 88.6 Å².